The number of thiophene rings is 1. The first-order valence-electron chi connectivity index (χ1n) is 7.39. The van der Waals surface area contributed by atoms with E-state index in [0.29, 0.717) is 11.3 Å². The summed E-state index contributed by atoms with van der Waals surface area (Å²) in [5.41, 5.74) is 0.234. The van der Waals surface area contributed by atoms with Gasteiger partial charge in [-0.1, -0.05) is 31.7 Å². The molecular formula is C16H18N4O2S2. The first-order chi connectivity index (χ1) is 11.4. The molecule has 2 aromatic rings. The summed E-state index contributed by atoms with van der Waals surface area (Å²) in [4.78, 5) is 31.1. The number of aromatic amines is 1. The van der Waals surface area contributed by atoms with E-state index in [9.17, 15) is 14.9 Å². The molecule has 2 N–H and O–H groups in total. The van der Waals surface area contributed by atoms with Crippen LogP contribution in [0.25, 0.3) is 0 Å². The number of nitrogens with one attached hydrogen (secondary N) is 2. The van der Waals surface area contributed by atoms with Gasteiger partial charge in [0, 0.05) is 10.6 Å². The molecule has 6 nitrogen and oxygen atoms in total. The van der Waals surface area contributed by atoms with Crippen LogP contribution in [0.3, 0.4) is 0 Å². The van der Waals surface area contributed by atoms with Crippen LogP contribution in [0.15, 0.2) is 27.3 Å². The van der Waals surface area contributed by atoms with Crippen LogP contribution in [0.2, 0.25) is 0 Å². The van der Waals surface area contributed by atoms with Crippen molar-refractivity contribution >= 4 is 29.0 Å². The molecule has 2 rings (SSSR count). The summed E-state index contributed by atoms with van der Waals surface area (Å²) in [5.74, 6) is 0.196. The quantitative estimate of drug-likeness (QED) is 0.608. The number of carbonyl (C=O) groups excluding carboxylic acids is 1. The van der Waals surface area contributed by atoms with Crippen LogP contribution in [0.5, 0.6) is 0 Å². The van der Waals surface area contributed by atoms with Gasteiger partial charge in [-0.05, 0) is 24.3 Å². The highest BCUT2D eigenvalue weighted by molar-refractivity contribution is 8.00. The zero-order chi connectivity index (χ0) is 17.7. The number of aromatic nitrogens is 2. The van der Waals surface area contributed by atoms with E-state index in [1.165, 1.54) is 0 Å². The molecule has 0 unspecified atom stereocenters. The lowest BCUT2D eigenvalue weighted by Gasteiger charge is -2.21. The molecule has 0 aliphatic carbocycles. The molecule has 1 atom stereocenters. The first kappa shape index (κ1) is 18.2. The molecule has 24 heavy (non-hydrogen) atoms. The highest BCUT2D eigenvalue weighted by atomic mass is 32.2. The van der Waals surface area contributed by atoms with E-state index in [0.717, 1.165) is 16.6 Å². The number of hydrogen-bond acceptors (Lipinski definition) is 6. The number of hydrogen-bond donors (Lipinski definition) is 2. The molecule has 8 heteroatoms. The van der Waals surface area contributed by atoms with Crippen LogP contribution in [0, 0.1) is 24.2 Å². The van der Waals surface area contributed by atoms with Crippen molar-refractivity contribution < 1.29 is 4.79 Å². The molecule has 0 spiro atoms. The maximum Gasteiger partial charge on any atom is 0.346 e. The summed E-state index contributed by atoms with van der Waals surface area (Å²) in [6, 6.07) is 5.91. The minimum atomic E-state index is -0.520. The molecule has 0 bridgehead atoms. The number of carbonyl (C=O) groups is 1. The summed E-state index contributed by atoms with van der Waals surface area (Å²) in [6.45, 7) is 5.73. The number of rotatable bonds is 6. The Morgan fingerprint density at radius 2 is 2.29 bits per heavy atom. The van der Waals surface area contributed by atoms with Crippen molar-refractivity contribution in [3.8, 4) is 6.07 Å². The van der Waals surface area contributed by atoms with E-state index < -0.39 is 5.69 Å². The van der Waals surface area contributed by atoms with E-state index in [-0.39, 0.29) is 28.6 Å². The SMILES string of the molecule is Cc1[nH]c(=O)nc(SCC(=O)N[C@@H](c2cccs2)C(C)C)c1C#N. The van der Waals surface area contributed by atoms with Crippen molar-refractivity contribution in [1.82, 2.24) is 15.3 Å². The largest absolute Gasteiger partial charge is 0.347 e. The smallest absolute Gasteiger partial charge is 0.346 e. The standard InChI is InChI=1S/C16H18N4O2S2/c1-9(2)14(12-5-4-6-23-12)19-13(21)8-24-15-11(7-17)10(3)18-16(22)20-15/h4-6,9,14H,8H2,1-3H3,(H,19,21)(H,18,20,22)/t14-/m1/s1. The van der Waals surface area contributed by atoms with E-state index in [1.54, 1.807) is 18.3 Å². The fourth-order valence-electron chi connectivity index (χ4n) is 2.18. The zero-order valence-corrected chi connectivity index (χ0v) is 15.3. The molecule has 0 fully saturated rings. The normalized spacial score (nSPS) is 12.0. The van der Waals surface area contributed by atoms with Crippen LogP contribution in [0.1, 0.15) is 36.0 Å². The van der Waals surface area contributed by atoms with Crippen LogP contribution >= 0.6 is 23.1 Å². The number of nitrogens with zero attached hydrogens (tertiary/aromatic N) is 2. The van der Waals surface area contributed by atoms with Gasteiger partial charge in [0.05, 0.1) is 11.8 Å². The minimum Gasteiger partial charge on any atom is -0.347 e. The van der Waals surface area contributed by atoms with Crippen molar-refractivity contribution in [1.29, 1.82) is 5.26 Å². The Kier molecular flexibility index (Phi) is 6.17. The third kappa shape index (κ3) is 4.46. The third-order valence-corrected chi connectivity index (χ3v) is 5.30. The predicted molar refractivity (Wildman–Crippen MR) is 95.1 cm³/mol. The zero-order valence-electron chi connectivity index (χ0n) is 13.6. The Balaban J connectivity index is 2.06. The first-order valence-corrected chi connectivity index (χ1v) is 9.25. The second-order valence-electron chi connectivity index (χ2n) is 5.55. The third-order valence-electron chi connectivity index (χ3n) is 3.37. The lowest BCUT2D eigenvalue weighted by Crippen LogP contribution is -2.32. The summed E-state index contributed by atoms with van der Waals surface area (Å²) in [7, 11) is 0. The van der Waals surface area contributed by atoms with E-state index in [2.05, 4.69) is 15.3 Å². The lowest BCUT2D eigenvalue weighted by atomic mass is 10.0. The van der Waals surface area contributed by atoms with Gasteiger partial charge in [-0.25, -0.2) is 4.79 Å². The molecule has 126 valence electrons. The molecule has 2 aromatic heterocycles. The molecule has 2 heterocycles. The molecule has 0 aliphatic rings. The Labute approximate surface area is 148 Å². The fourth-order valence-corrected chi connectivity index (χ4v) is 3.97. The van der Waals surface area contributed by atoms with Gasteiger partial charge in [0.25, 0.3) is 0 Å². The number of nitriles is 1. The topological polar surface area (TPSA) is 98.6 Å². The molecule has 0 aromatic carbocycles. The second kappa shape index (κ2) is 8.13. The molecule has 0 saturated heterocycles. The van der Waals surface area contributed by atoms with Gasteiger partial charge in [0.15, 0.2) is 0 Å². The summed E-state index contributed by atoms with van der Waals surface area (Å²) in [6.07, 6.45) is 0. The minimum absolute atomic E-state index is 0.0533. The Hall–Kier alpha value is -2.11. The van der Waals surface area contributed by atoms with E-state index in [4.69, 9.17) is 0 Å². The Morgan fingerprint density at radius 1 is 1.54 bits per heavy atom. The maximum absolute atomic E-state index is 12.3. The molecular weight excluding hydrogens is 344 g/mol. The van der Waals surface area contributed by atoms with Gasteiger partial charge in [-0.15, -0.1) is 11.3 Å². The average Bonchev–Trinajstić information content (AvgIpc) is 3.03. The van der Waals surface area contributed by atoms with Crippen LogP contribution in [-0.4, -0.2) is 21.6 Å². The van der Waals surface area contributed by atoms with Gasteiger partial charge >= 0.3 is 5.69 Å². The van der Waals surface area contributed by atoms with Gasteiger partial charge < -0.3 is 10.3 Å². The fraction of sp³-hybridized carbons (Fsp3) is 0.375. The van der Waals surface area contributed by atoms with Gasteiger partial charge in [-0.3, -0.25) is 4.79 Å². The Bertz CT molecular complexity index is 806. The van der Waals surface area contributed by atoms with Crippen molar-refractivity contribution in [2.24, 2.45) is 5.92 Å². The van der Waals surface area contributed by atoms with Gasteiger partial charge in [0.2, 0.25) is 5.91 Å². The van der Waals surface area contributed by atoms with E-state index in [1.807, 2.05) is 37.4 Å². The van der Waals surface area contributed by atoms with Crippen LogP contribution in [0.4, 0.5) is 0 Å². The number of thioether (sulfide) groups is 1. The molecule has 0 aliphatic heterocycles. The van der Waals surface area contributed by atoms with Gasteiger partial charge in [-0.2, -0.15) is 10.2 Å². The van der Waals surface area contributed by atoms with Crippen molar-refractivity contribution in [3.63, 3.8) is 0 Å². The summed E-state index contributed by atoms with van der Waals surface area (Å²) in [5, 5.41) is 14.4. The molecule has 1 amide bonds. The summed E-state index contributed by atoms with van der Waals surface area (Å²) < 4.78 is 0. The van der Waals surface area contributed by atoms with Crippen LogP contribution < -0.4 is 11.0 Å². The number of amides is 1. The van der Waals surface area contributed by atoms with E-state index >= 15 is 0 Å². The lowest BCUT2D eigenvalue weighted by molar-refractivity contribution is -0.119. The number of aryl methyl sites for hydroxylation is 1. The van der Waals surface area contributed by atoms with Crippen molar-refractivity contribution in [3.05, 3.63) is 44.1 Å². The number of H-pyrrole nitrogens is 1. The van der Waals surface area contributed by atoms with Crippen molar-refractivity contribution in [2.75, 3.05) is 5.75 Å². The maximum atomic E-state index is 12.3. The highest BCUT2D eigenvalue weighted by Crippen LogP contribution is 2.26. The summed E-state index contributed by atoms with van der Waals surface area (Å²) >= 11 is 2.70. The monoisotopic (exact) mass is 362 g/mol. The second-order valence-corrected chi connectivity index (χ2v) is 7.50. The highest BCUT2D eigenvalue weighted by Gasteiger charge is 2.20. The van der Waals surface area contributed by atoms with Crippen LogP contribution in [-0.2, 0) is 4.79 Å². The van der Waals surface area contributed by atoms with Gasteiger partial charge in [0.1, 0.15) is 16.7 Å². The predicted octanol–water partition coefficient (Wildman–Crippen LogP) is 2.62. The average molecular weight is 362 g/mol. The molecule has 0 radical (unpaired) electrons. The Morgan fingerprint density at radius 3 is 2.88 bits per heavy atom. The molecule has 0 saturated carbocycles. The van der Waals surface area contributed by atoms with Crippen molar-refractivity contribution in [2.45, 2.75) is 31.8 Å².